The van der Waals surface area contributed by atoms with Gasteiger partial charge in [-0.1, -0.05) is 12.1 Å². The Bertz CT molecular complexity index is 887. The molecule has 1 fully saturated rings. The summed E-state index contributed by atoms with van der Waals surface area (Å²) in [4.78, 5) is 21.9. The second-order valence-electron chi connectivity index (χ2n) is 5.86. The third-order valence-corrected chi connectivity index (χ3v) is 5.83. The molecule has 1 amide bonds. The quantitative estimate of drug-likeness (QED) is 0.886. The summed E-state index contributed by atoms with van der Waals surface area (Å²) in [5.41, 5.74) is 0.357. The largest absolute Gasteiger partial charge is 0.337 e. The lowest BCUT2D eigenvalue weighted by molar-refractivity contribution is 0.0741. The molecular formula is C16H17FN4O3S. The number of para-hydroxylation sites is 1. The highest BCUT2D eigenvalue weighted by atomic mass is 32.2. The number of carbonyl (C=O) groups is 1. The molecule has 132 valence electrons. The molecule has 7 nitrogen and oxygen atoms in total. The Morgan fingerprint density at radius 1 is 1.28 bits per heavy atom. The van der Waals surface area contributed by atoms with E-state index < -0.39 is 21.6 Å². The van der Waals surface area contributed by atoms with Crippen LogP contribution in [-0.4, -0.2) is 53.8 Å². The number of nitrogens with one attached hydrogen (secondary N) is 1. The summed E-state index contributed by atoms with van der Waals surface area (Å²) in [6.45, 7) is 0. The van der Waals surface area contributed by atoms with Gasteiger partial charge in [-0.3, -0.25) is 4.79 Å². The first-order valence-corrected chi connectivity index (χ1v) is 9.49. The van der Waals surface area contributed by atoms with E-state index >= 15 is 0 Å². The van der Waals surface area contributed by atoms with Crippen LogP contribution in [0.15, 0.2) is 36.7 Å². The van der Waals surface area contributed by atoms with Crippen LogP contribution in [0.4, 0.5) is 15.9 Å². The van der Waals surface area contributed by atoms with Gasteiger partial charge < -0.3 is 10.2 Å². The van der Waals surface area contributed by atoms with E-state index in [0.717, 1.165) is 0 Å². The number of hydrogen-bond donors (Lipinski definition) is 1. The van der Waals surface area contributed by atoms with E-state index in [1.807, 2.05) is 0 Å². The van der Waals surface area contributed by atoms with Gasteiger partial charge in [-0.25, -0.2) is 22.8 Å². The molecule has 1 atom stereocenters. The van der Waals surface area contributed by atoms with E-state index in [4.69, 9.17) is 0 Å². The zero-order valence-corrected chi connectivity index (χ0v) is 14.3. The van der Waals surface area contributed by atoms with Gasteiger partial charge in [0.05, 0.1) is 29.6 Å². The van der Waals surface area contributed by atoms with Crippen LogP contribution in [0.1, 0.15) is 16.9 Å². The van der Waals surface area contributed by atoms with Crippen molar-refractivity contribution in [2.75, 3.05) is 23.9 Å². The summed E-state index contributed by atoms with van der Waals surface area (Å²) in [5, 5.41) is 2.78. The number of sulfone groups is 1. The maximum Gasteiger partial charge on any atom is 0.274 e. The van der Waals surface area contributed by atoms with E-state index in [1.54, 1.807) is 25.2 Å². The fourth-order valence-corrected chi connectivity index (χ4v) is 4.41. The van der Waals surface area contributed by atoms with Gasteiger partial charge in [0.25, 0.3) is 5.91 Å². The maximum atomic E-state index is 13.6. The van der Waals surface area contributed by atoms with Crippen LogP contribution in [0.5, 0.6) is 0 Å². The number of aromatic nitrogens is 2. The molecule has 2 aromatic rings. The van der Waals surface area contributed by atoms with E-state index in [0.29, 0.717) is 12.2 Å². The molecule has 0 aliphatic carbocycles. The average Bonchev–Trinajstić information content (AvgIpc) is 2.96. The minimum absolute atomic E-state index is 0.0322. The van der Waals surface area contributed by atoms with Crippen molar-refractivity contribution >= 4 is 27.2 Å². The summed E-state index contributed by atoms with van der Waals surface area (Å²) in [5.74, 6) is -0.464. The number of amides is 1. The SMILES string of the molecule is CN(C(=O)c1cnc(Nc2ccccc2F)cn1)C1CCS(=O)(=O)C1. The Hall–Kier alpha value is -2.55. The van der Waals surface area contributed by atoms with Gasteiger partial charge in [-0.15, -0.1) is 0 Å². The summed E-state index contributed by atoms with van der Waals surface area (Å²) >= 11 is 0. The summed E-state index contributed by atoms with van der Waals surface area (Å²) in [7, 11) is -1.52. The minimum Gasteiger partial charge on any atom is -0.337 e. The van der Waals surface area contributed by atoms with E-state index in [2.05, 4.69) is 15.3 Å². The molecular weight excluding hydrogens is 347 g/mol. The van der Waals surface area contributed by atoms with E-state index in [9.17, 15) is 17.6 Å². The number of nitrogens with zero attached hydrogens (tertiary/aromatic N) is 3. The molecule has 0 spiro atoms. The van der Waals surface area contributed by atoms with Gasteiger partial charge in [0.2, 0.25) is 0 Å². The van der Waals surface area contributed by atoms with E-state index in [-0.39, 0.29) is 28.9 Å². The third-order valence-electron chi connectivity index (χ3n) is 4.08. The van der Waals surface area contributed by atoms with Crippen LogP contribution in [0.25, 0.3) is 0 Å². The van der Waals surface area contributed by atoms with Crippen molar-refractivity contribution in [1.82, 2.24) is 14.9 Å². The Kier molecular flexibility index (Phi) is 4.67. The van der Waals surface area contributed by atoms with E-state index in [1.165, 1.54) is 23.4 Å². The standard InChI is InChI=1S/C16H17FN4O3S/c1-21(11-6-7-25(23,24)10-11)16(22)14-8-19-15(9-18-14)20-13-5-3-2-4-12(13)17/h2-5,8-9,11H,6-7,10H2,1H3,(H,19,20). The molecule has 0 bridgehead atoms. The van der Waals surface area contributed by atoms with Crippen LogP contribution < -0.4 is 5.32 Å². The first kappa shape index (κ1) is 17.3. The molecule has 1 aromatic heterocycles. The van der Waals surface area contributed by atoms with Gasteiger partial charge in [-0.05, 0) is 18.6 Å². The van der Waals surface area contributed by atoms with Crippen molar-refractivity contribution in [2.45, 2.75) is 12.5 Å². The van der Waals surface area contributed by atoms with Crippen LogP contribution in [0.3, 0.4) is 0 Å². The van der Waals surface area contributed by atoms with Crippen LogP contribution in [0, 0.1) is 5.82 Å². The van der Waals surface area contributed by atoms with Crippen molar-refractivity contribution in [2.24, 2.45) is 0 Å². The lowest BCUT2D eigenvalue weighted by Gasteiger charge is -2.22. The Morgan fingerprint density at radius 2 is 2.04 bits per heavy atom. The van der Waals surface area contributed by atoms with Crippen LogP contribution >= 0.6 is 0 Å². The van der Waals surface area contributed by atoms with Crippen LogP contribution in [0.2, 0.25) is 0 Å². The lowest BCUT2D eigenvalue weighted by Crippen LogP contribution is -2.38. The summed E-state index contributed by atoms with van der Waals surface area (Å²) in [6.07, 6.45) is 3.04. The van der Waals surface area contributed by atoms with Gasteiger partial charge in [0.1, 0.15) is 17.3 Å². The van der Waals surface area contributed by atoms with Crippen molar-refractivity contribution in [3.05, 3.63) is 48.2 Å². The lowest BCUT2D eigenvalue weighted by atomic mass is 10.2. The summed E-state index contributed by atoms with van der Waals surface area (Å²) in [6, 6.07) is 5.78. The number of anilines is 2. The Morgan fingerprint density at radius 3 is 2.64 bits per heavy atom. The maximum absolute atomic E-state index is 13.6. The highest BCUT2D eigenvalue weighted by Crippen LogP contribution is 2.19. The predicted octanol–water partition coefficient (Wildman–Crippen LogP) is 1.62. The highest BCUT2D eigenvalue weighted by molar-refractivity contribution is 7.91. The molecule has 1 aliphatic rings. The smallest absolute Gasteiger partial charge is 0.274 e. The molecule has 25 heavy (non-hydrogen) atoms. The number of halogens is 1. The zero-order chi connectivity index (χ0) is 18.0. The van der Waals surface area contributed by atoms with Crippen molar-refractivity contribution in [3.63, 3.8) is 0 Å². The molecule has 0 radical (unpaired) electrons. The fraction of sp³-hybridized carbons (Fsp3) is 0.312. The van der Waals surface area contributed by atoms with Gasteiger partial charge in [0, 0.05) is 13.1 Å². The monoisotopic (exact) mass is 364 g/mol. The fourth-order valence-electron chi connectivity index (χ4n) is 2.63. The highest BCUT2D eigenvalue weighted by Gasteiger charge is 2.33. The number of benzene rings is 1. The Labute approximate surface area is 144 Å². The Balaban J connectivity index is 1.69. The van der Waals surface area contributed by atoms with Gasteiger partial charge in [0.15, 0.2) is 9.84 Å². The first-order valence-electron chi connectivity index (χ1n) is 7.67. The van der Waals surface area contributed by atoms with Crippen molar-refractivity contribution in [3.8, 4) is 0 Å². The van der Waals surface area contributed by atoms with Gasteiger partial charge >= 0.3 is 0 Å². The van der Waals surface area contributed by atoms with Crippen LogP contribution in [-0.2, 0) is 9.84 Å². The second-order valence-corrected chi connectivity index (χ2v) is 8.09. The molecule has 1 saturated heterocycles. The van der Waals surface area contributed by atoms with Crippen molar-refractivity contribution in [1.29, 1.82) is 0 Å². The molecule has 1 N–H and O–H groups in total. The number of hydrogen-bond acceptors (Lipinski definition) is 6. The third kappa shape index (κ3) is 3.93. The zero-order valence-electron chi connectivity index (χ0n) is 13.5. The minimum atomic E-state index is -3.08. The van der Waals surface area contributed by atoms with Crippen molar-refractivity contribution < 1.29 is 17.6 Å². The molecule has 1 aliphatic heterocycles. The molecule has 0 saturated carbocycles. The molecule has 1 unspecified atom stereocenters. The number of carbonyl (C=O) groups excluding carboxylic acids is 1. The predicted molar refractivity (Wildman–Crippen MR) is 90.9 cm³/mol. The second kappa shape index (κ2) is 6.75. The topological polar surface area (TPSA) is 92.3 Å². The molecule has 2 heterocycles. The van der Waals surface area contributed by atoms with Gasteiger partial charge in [-0.2, -0.15) is 0 Å². The molecule has 1 aromatic carbocycles. The average molecular weight is 364 g/mol. The normalized spacial score (nSPS) is 18.7. The molecule has 9 heteroatoms. The number of rotatable bonds is 4. The first-order chi connectivity index (χ1) is 11.9. The molecule has 3 rings (SSSR count). The summed E-state index contributed by atoms with van der Waals surface area (Å²) < 4.78 is 36.7.